The van der Waals surface area contributed by atoms with Crippen LogP contribution in [0.5, 0.6) is 0 Å². The van der Waals surface area contributed by atoms with Gasteiger partial charge in [-0.3, -0.25) is 0 Å². The summed E-state index contributed by atoms with van der Waals surface area (Å²) in [4.78, 5) is 1.05. The van der Waals surface area contributed by atoms with Gasteiger partial charge >= 0.3 is 6.18 Å². The van der Waals surface area contributed by atoms with E-state index in [1.54, 1.807) is 0 Å². The van der Waals surface area contributed by atoms with E-state index in [9.17, 15) is 13.2 Å². The molecule has 0 radical (unpaired) electrons. The first-order valence-electron chi connectivity index (χ1n) is 4.32. The van der Waals surface area contributed by atoms with Crippen LogP contribution in [0.1, 0.15) is 0 Å². The van der Waals surface area contributed by atoms with Gasteiger partial charge in [-0.15, -0.1) is 5.10 Å². The highest BCUT2D eigenvalue weighted by Gasteiger charge is 2.31. The van der Waals surface area contributed by atoms with E-state index in [1.807, 2.05) is 0 Å². The molecule has 0 atom stereocenters. The minimum atomic E-state index is -4.27. The van der Waals surface area contributed by atoms with Crippen molar-refractivity contribution in [2.45, 2.75) is 6.18 Å². The van der Waals surface area contributed by atoms with Crippen LogP contribution >= 0.6 is 0 Å². The standard InChI is InChI=1S/C8H11F3N4/c9-8(10,11)6-15(5-3-12)7-2-1-4-13-14-7/h1-2,4H,3,5-6,12H2. The average Bonchev–Trinajstić information content (AvgIpc) is 2.17. The Morgan fingerprint density at radius 1 is 1.40 bits per heavy atom. The fourth-order valence-electron chi connectivity index (χ4n) is 1.11. The van der Waals surface area contributed by atoms with Gasteiger partial charge in [-0.2, -0.15) is 18.3 Å². The van der Waals surface area contributed by atoms with E-state index in [2.05, 4.69) is 10.2 Å². The van der Waals surface area contributed by atoms with E-state index in [0.717, 1.165) is 4.90 Å². The number of halogens is 3. The van der Waals surface area contributed by atoms with E-state index < -0.39 is 12.7 Å². The largest absolute Gasteiger partial charge is 0.405 e. The first kappa shape index (κ1) is 11.7. The predicted octanol–water partition coefficient (Wildman–Crippen LogP) is 0.804. The zero-order valence-electron chi connectivity index (χ0n) is 7.91. The minimum Gasteiger partial charge on any atom is -0.345 e. The molecule has 15 heavy (non-hydrogen) atoms. The molecule has 0 aliphatic carbocycles. The first-order valence-corrected chi connectivity index (χ1v) is 4.32. The molecule has 0 aromatic carbocycles. The van der Waals surface area contributed by atoms with E-state index in [4.69, 9.17) is 5.73 Å². The highest BCUT2D eigenvalue weighted by atomic mass is 19.4. The summed E-state index contributed by atoms with van der Waals surface area (Å²) in [5, 5.41) is 7.12. The van der Waals surface area contributed by atoms with Crippen molar-refractivity contribution in [3.05, 3.63) is 18.3 Å². The lowest BCUT2D eigenvalue weighted by Gasteiger charge is -2.23. The van der Waals surface area contributed by atoms with Crippen molar-refractivity contribution in [1.82, 2.24) is 10.2 Å². The number of hydrogen-bond donors (Lipinski definition) is 1. The van der Waals surface area contributed by atoms with Crippen molar-refractivity contribution < 1.29 is 13.2 Å². The third-order valence-corrected chi connectivity index (χ3v) is 1.65. The normalized spacial score (nSPS) is 11.5. The Bertz CT molecular complexity index is 288. The van der Waals surface area contributed by atoms with Crippen molar-refractivity contribution in [2.75, 3.05) is 24.5 Å². The molecule has 0 spiro atoms. The third kappa shape index (κ3) is 4.11. The maximum atomic E-state index is 12.2. The molecule has 2 N–H and O–H groups in total. The van der Waals surface area contributed by atoms with Crippen LogP contribution in [0.25, 0.3) is 0 Å². The molecule has 1 rings (SSSR count). The summed E-state index contributed by atoms with van der Waals surface area (Å²) in [5.74, 6) is 0.181. The number of alkyl halides is 3. The Hall–Kier alpha value is -1.37. The second kappa shape index (κ2) is 4.92. The van der Waals surface area contributed by atoms with Crippen molar-refractivity contribution in [3.63, 3.8) is 0 Å². The van der Waals surface area contributed by atoms with Crippen molar-refractivity contribution in [2.24, 2.45) is 5.73 Å². The van der Waals surface area contributed by atoms with E-state index in [-0.39, 0.29) is 18.9 Å². The number of nitrogens with two attached hydrogens (primary N) is 1. The number of rotatable bonds is 4. The molecule has 84 valence electrons. The molecule has 4 nitrogen and oxygen atoms in total. The molecule has 0 saturated carbocycles. The lowest BCUT2D eigenvalue weighted by atomic mass is 10.4. The van der Waals surface area contributed by atoms with Crippen LogP contribution in [-0.4, -0.2) is 36.0 Å². The number of anilines is 1. The van der Waals surface area contributed by atoms with Gasteiger partial charge < -0.3 is 10.6 Å². The number of nitrogens with zero attached hydrogens (tertiary/aromatic N) is 3. The van der Waals surface area contributed by atoms with E-state index in [1.165, 1.54) is 18.3 Å². The van der Waals surface area contributed by atoms with Crippen LogP contribution in [0.15, 0.2) is 18.3 Å². The highest BCUT2D eigenvalue weighted by molar-refractivity contribution is 5.36. The minimum absolute atomic E-state index is 0.0954. The van der Waals surface area contributed by atoms with Crippen LogP contribution in [0, 0.1) is 0 Å². The van der Waals surface area contributed by atoms with Gasteiger partial charge in [0, 0.05) is 19.3 Å². The molecule has 0 fully saturated rings. The van der Waals surface area contributed by atoms with Gasteiger partial charge in [-0.1, -0.05) is 0 Å². The molecule has 0 saturated heterocycles. The summed E-state index contributed by atoms with van der Waals surface area (Å²) in [6, 6.07) is 3.00. The second-order valence-electron chi connectivity index (χ2n) is 2.91. The zero-order chi connectivity index (χ0) is 11.3. The van der Waals surface area contributed by atoms with Gasteiger partial charge in [0.05, 0.1) is 0 Å². The fraction of sp³-hybridized carbons (Fsp3) is 0.500. The molecule has 1 aromatic heterocycles. The molecular weight excluding hydrogens is 209 g/mol. The summed E-state index contributed by atoms with van der Waals surface area (Å²) in [6.45, 7) is -0.840. The Morgan fingerprint density at radius 2 is 2.13 bits per heavy atom. The molecule has 0 bridgehead atoms. The van der Waals surface area contributed by atoms with Crippen molar-refractivity contribution in [3.8, 4) is 0 Å². The molecule has 7 heteroatoms. The molecule has 1 heterocycles. The highest BCUT2D eigenvalue weighted by Crippen LogP contribution is 2.19. The average molecular weight is 220 g/mol. The van der Waals surface area contributed by atoms with Crippen LogP contribution in [0.2, 0.25) is 0 Å². The van der Waals surface area contributed by atoms with Gasteiger partial charge in [-0.25, -0.2) is 0 Å². The third-order valence-electron chi connectivity index (χ3n) is 1.65. The van der Waals surface area contributed by atoms with Gasteiger partial charge in [0.15, 0.2) is 5.82 Å². The van der Waals surface area contributed by atoms with Gasteiger partial charge in [0.2, 0.25) is 0 Å². The number of hydrogen-bond acceptors (Lipinski definition) is 4. The lowest BCUT2D eigenvalue weighted by molar-refractivity contribution is -0.119. The summed E-state index contributed by atoms with van der Waals surface area (Å²) >= 11 is 0. The summed E-state index contributed by atoms with van der Waals surface area (Å²) < 4.78 is 36.6. The monoisotopic (exact) mass is 220 g/mol. The first-order chi connectivity index (χ1) is 7.03. The maximum Gasteiger partial charge on any atom is 0.405 e. The Kier molecular flexibility index (Phi) is 3.84. The molecule has 0 aliphatic heterocycles. The molecular formula is C8H11F3N4. The predicted molar refractivity (Wildman–Crippen MR) is 49.4 cm³/mol. The van der Waals surface area contributed by atoms with Crippen molar-refractivity contribution >= 4 is 5.82 Å². The van der Waals surface area contributed by atoms with Crippen LogP contribution in [0.3, 0.4) is 0 Å². The molecule has 0 amide bonds. The molecule has 0 unspecified atom stereocenters. The van der Waals surface area contributed by atoms with Gasteiger partial charge in [0.1, 0.15) is 6.54 Å². The summed E-state index contributed by atoms with van der Waals surface area (Å²) in [6.07, 6.45) is -2.87. The second-order valence-corrected chi connectivity index (χ2v) is 2.91. The Morgan fingerprint density at radius 3 is 2.60 bits per heavy atom. The van der Waals surface area contributed by atoms with Crippen LogP contribution in [-0.2, 0) is 0 Å². The quantitative estimate of drug-likeness (QED) is 0.815. The molecule has 1 aromatic rings. The summed E-state index contributed by atoms with van der Waals surface area (Å²) in [7, 11) is 0. The van der Waals surface area contributed by atoms with Crippen molar-refractivity contribution in [1.29, 1.82) is 0 Å². The van der Waals surface area contributed by atoms with Gasteiger partial charge in [-0.05, 0) is 12.1 Å². The van der Waals surface area contributed by atoms with Crippen LogP contribution in [0.4, 0.5) is 19.0 Å². The Balaban J connectivity index is 2.75. The fourth-order valence-corrected chi connectivity index (χ4v) is 1.11. The van der Waals surface area contributed by atoms with Crippen LogP contribution < -0.4 is 10.6 Å². The van der Waals surface area contributed by atoms with E-state index in [0.29, 0.717) is 0 Å². The molecule has 0 aliphatic rings. The zero-order valence-corrected chi connectivity index (χ0v) is 7.91. The maximum absolute atomic E-state index is 12.2. The lowest BCUT2D eigenvalue weighted by Crippen LogP contribution is -2.38. The van der Waals surface area contributed by atoms with Gasteiger partial charge in [0.25, 0.3) is 0 Å². The van der Waals surface area contributed by atoms with E-state index >= 15 is 0 Å². The number of aromatic nitrogens is 2. The summed E-state index contributed by atoms with van der Waals surface area (Å²) in [5.41, 5.74) is 5.23. The topological polar surface area (TPSA) is 55.0 Å². The SMILES string of the molecule is NCCN(CC(F)(F)F)c1cccnn1. The Labute approximate surface area is 84.9 Å². The smallest absolute Gasteiger partial charge is 0.345 e.